The molecule has 0 aliphatic carbocycles. The monoisotopic (exact) mass is 426 g/mol. The Labute approximate surface area is 170 Å². The number of sulfonamides is 1. The van der Waals surface area contributed by atoms with Gasteiger partial charge in [-0.25, -0.2) is 13.1 Å². The Morgan fingerprint density at radius 3 is 2.69 bits per heavy atom. The minimum atomic E-state index is -3.91. The summed E-state index contributed by atoms with van der Waals surface area (Å²) >= 11 is 0. The third-order valence-electron chi connectivity index (χ3n) is 4.85. The molecule has 0 bridgehead atoms. The molecule has 2 aliphatic rings. The maximum atomic E-state index is 12.8. The number of morpholine rings is 1. The molecule has 3 atom stereocenters. The number of aliphatic hydroxyl groups excluding tert-OH is 1. The van der Waals surface area contributed by atoms with Crippen molar-refractivity contribution in [3.05, 3.63) is 36.4 Å². The number of aliphatic hydroxyl groups is 1. The van der Waals surface area contributed by atoms with Crippen molar-refractivity contribution in [2.45, 2.75) is 29.6 Å². The van der Waals surface area contributed by atoms with Crippen LogP contribution in [0.25, 0.3) is 0 Å². The summed E-state index contributed by atoms with van der Waals surface area (Å²) in [7, 11) is -2.52. The molecule has 0 unspecified atom stereocenters. The van der Waals surface area contributed by atoms with Gasteiger partial charge in [-0.15, -0.1) is 0 Å². The molecule has 2 N–H and O–H groups in total. The van der Waals surface area contributed by atoms with Crippen molar-refractivity contribution in [3.8, 4) is 5.75 Å². The molecule has 1 amide bonds. The Balaban J connectivity index is 1.67. The van der Waals surface area contributed by atoms with E-state index in [-0.39, 0.29) is 23.0 Å². The van der Waals surface area contributed by atoms with Crippen LogP contribution in [0, 0.1) is 0 Å². The van der Waals surface area contributed by atoms with E-state index < -0.39 is 34.9 Å². The number of nitrogens with zero attached hydrogens (tertiary/aromatic N) is 1. The van der Waals surface area contributed by atoms with Gasteiger partial charge in [-0.1, -0.05) is 24.3 Å². The molecule has 9 nitrogen and oxygen atoms in total. The number of hydrogen-bond donors (Lipinski definition) is 2. The number of nitrogens with one attached hydrogen (secondary N) is 1. The first kappa shape index (κ1) is 21.7. The van der Waals surface area contributed by atoms with Crippen LogP contribution in [0.15, 0.2) is 41.3 Å². The SMILES string of the molecule is COc1ccccc1S(=O)(=O)N[C@@H]1C=C[C@H](CC(=O)N2CCOCC2)O[C@@H]1CO. The first-order chi connectivity index (χ1) is 13.9. The average molecular weight is 426 g/mol. The normalized spacial score (nSPS) is 25.0. The molecular formula is C19H26N2O7S. The van der Waals surface area contributed by atoms with Crippen LogP contribution in [0.5, 0.6) is 5.75 Å². The van der Waals surface area contributed by atoms with Gasteiger partial charge in [0.1, 0.15) is 16.7 Å². The molecule has 29 heavy (non-hydrogen) atoms. The van der Waals surface area contributed by atoms with Crippen molar-refractivity contribution in [2.75, 3.05) is 40.0 Å². The zero-order valence-electron chi connectivity index (χ0n) is 16.2. The fraction of sp³-hybridized carbons (Fsp3) is 0.526. The van der Waals surface area contributed by atoms with Crippen molar-refractivity contribution in [1.82, 2.24) is 9.62 Å². The van der Waals surface area contributed by atoms with Crippen molar-refractivity contribution in [2.24, 2.45) is 0 Å². The molecular weight excluding hydrogens is 400 g/mol. The molecule has 2 aliphatic heterocycles. The number of carbonyl (C=O) groups is 1. The molecule has 2 heterocycles. The molecule has 10 heteroatoms. The largest absolute Gasteiger partial charge is 0.495 e. The van der Waals surface area contributed by atoms with Gasteiger partial charge in [-0.3, -0.25) is 4.79 Å². The van der Waals surface area contributed by atoms with Crippen LogP contribution in [-0.4, -0.2) is 82.6 Å². The second-order valence-electron chi connectivity index (χ2n) is 6.78. The van der Waals surface area contributed by atoms with Crippen molar-refractivity contribution in [3.63, 3.8) is 0 Å². The molecule has 1 aromatic rings. The lowest BCUT2D eigenvalue weighted by Gasteiger charge is -2.33. The van der Waals surface area contributed by atoms with E-state index in [9.17, 15) is 18.3 Å². The maximum absolute atomic E-state index is 12.8. The summed E-state index contributed by atoms with van der Waals surface area (Å²) in [5.74, 6) is 0.155. The van der Waals surface area contributed by atoms with Crippen LogP contribution in [-0.2, 0) is 24.3 Å². The van der Waals surface area contributed by atoms with E-state index in [4.69, 9.17) is 14.2 Å². The number of ether oxygens (including phenoxy) is 3. The van der Waals surface area contributed by atoms with Gasteiger partial charge in [-0.05, 0) is 12.1 Å². The smallest absolute Gasteiger partial charge is 0.244 e. The average Bonchev–Trinajstić information content (AvgIpc) is 2.75. The quantitative estimate of drug-likeness (QED) is 0.586. The molecule has 0 radical (unpaired) electrons. The number of rotatable bonds is 7. The molecule has 160 valence electrons. The Kier molecular flexibility index (Phi) is 7.25. The summed E-state index contributed by atoms with van der Waals surface area (Å²) < 4.78 is 44.2. The third kappa shape index (κ3) is 5.34. The number of para-hydroxylation sites is 1. The van der Waals surface area contributed by atoms with Crippen LogP contribution >= 0.6 is 0 Å². The van der Waals surface area contributed by atoms with Gasteiger partial charge in [0.05, 0.1) is 45.5 Å². The van der Waals surface area contributed by atoms with E-state index in [0.29, 0.717) is 26.3 Å². The molecule has 0 spiro atoms. The predicted molar refractivity (Wildman–Crippen MR) is 104 cm³/mol. The lowest BCUT2D eigenvalue weighted by molar-refractivity contribution is -0.139. The van der Waals surface area contributed by atoms with Crippen LogP contribution in [0.1, 0.15) is 6.42 Å². The van der Waals surface area contributed by atoms with Gasteiger partial charge >= 0.3 is 0 Å². The maximum Gasteiger partial charge on any atom is 0.244 e. The summed E-state index contributed by atoms with van der Waals surface area (Å²) in [5, 5.41) is 9.70. The lowest BCUT2D eigenvalue weighted by atomic mass is 10.1. The summed E-state index contributed by atoms with van der Waals surface area (Å²) in [6.45, 7) is 1.71. The van der Waals surface area contributed by atoms with Crippen molar-refractivity contribution < 1.29 is 32.5 Å². The highest BCUT2D eigenvalue weighted by atomic mass is 32.2. The van der Waals surface area contributed by atoms with Gasteiger partial charge < -0.3 is 24.2 Å². The fourth-order valence-electron chi connectivity index (χ4n) is 3.31. The van der Waals surface area contributed by atoms with E-state index in [1.165, 1.54) is 13.2 Å². The van der Waals surface area contributed by atoms with Crippen molar-refractivity contribution in [1.29, 1.82) is 0 Å². The standard InChI is InChI=1S/C19H26N2O7S/c1-26-16-4-2-3-5-18(16)29(24,25)20-15-7-6-14(28-17(15)13-22)12-19(23)21-8-10-27-11-9-21/h2-7,14-15,17,20,22H,8-13H2,1H3/t14-,15-,17-/m1/s1. The predicted octanol–water partition coefficient (Wildman–Crippen LogP) is -0.0931. The molecule has 0 aromatic heterocycles. The second-order valence-corrected chi connectivity index (χ2v) is 8.46. The number of methoxy groups -OCH3 is 1. The van der Waals surface area contributed by atoms with Crippen LogP contribution in [0.3, 0.4) is 0 Å². The highest BCUT2D eigenvalue weighted by molar-refractivity contribution is 7.89. The Morgan fingerprint density at radius 2 is 2.00 bits per heavy atom. The van der Waals surface area contributed by atoms with E-state index in [1.54, 1.807) is 35.3 Å². The molecule has 1 saturated heterocycles. The van der Waals surface area contributed by atoms with Gasteiger partial charge in [-0.2, -0.15) is 0 Å². The van der Waals surface area contributed by atoms with Gasteiger partial charge in [0, 0.05) is 13.1 Å². The zero-order chi connectivity index (χ0) is 20.9. The fourth-order valence-corrected chi connectivity index (χ4v) is 4.70. The minimum Gasteiger partial charge on any atom is -0.495 e. The van der Waals surface area contributed by atoms with Crippen LogP contribution in [0.2, 0.25) is 0 Å². The highest BCUT2D eigenvalue weighted by Crippen LogP contribution is 2.24. The summed E-state index contributed by atoms with van der Waals surface area (Å²) in [5.41, 5.74) is 0. The van der Waals surface area contributed by atoms with Crippen molar-refractivity contribution >= 4 is 15.9 Å². The Hall–Kier alpha value is -1.98. The Morgan fingerprint density at radius 1 is 1.28 bits per heavy atom. The third-order valence-corrected chi connectivity index (χ3v) is 6.35. The summed E-state index contributed by atoms with van der Waals surface area (Å²) in [4.78, 5) is 14.1. The van der Waals surface area contributed by atoms with E-state index in [0.717, 1.165) is 0 Å². The van der Waals surface area contributed by atoms with Gasteiger partial charge in [0.15, 0.2) is 0 Å². The molecule has 0 saturated carbocycles. The first-order valence-electron chi connectivity index (χ1n) is 9.40. The highest BCUT2D eigenvalue weighted by Gasteiger charge is 2.33. The second kappa shape index (κ2) is 9.68. The topological polar surface area (TPSA) is 114 Å². The van der Waals surface area contributed by atoms with Crippen LogP contribution in [0.4, 0.5) is 0 Å². The zero-order valence-corrected chi connectivity index (χ0v) is 17.0. The summed E-state index contributed by atoms with van der Waals surface area (Å²) in [6, 6.07) is 5.49. The number of carbonyl (C=O) groups excluding carboxylic acids is 1. The minimum absolute atomic E-state index is 0.00258. The number of benzene rings is 1. The Bertz CT molecular complexity index is 837. The van der Waals surface area contributed by atoms with E-state index in [2.05, 4.69) is 4.72 Å². The molecule has 1 aromatic carbocycles. The van der Waals surface area contributed by atoms with E-state index in [1.807, 2.05) is 0 Å². The number of amides is 1. The van der Waals surface area contributed by atoms with Gasteiger partial charge in [0.25, 0.3) is 0 Å². The van der Waals surface area contributed by atoms with E-state index >= 15 is 0 Å². The molecule has 3 rings (SSSR count). The first-order valence-corrected chi connectivity index (χ1v) is 10.9. The summed E-state index contributed by atoms with van der Waals surface area (Å²) in [6.07, 6.45) is 2.05. The lowest BCUT2D eigenvalue weighted by Crippen LogP contribution is -2.49. The van der Waals surface area contributed by atoms with Gasteiger partial charge in [0.2, 0.25) is 15.9 Å². The van der Waals surface area contributed by atoms with Crippen LogP contribution < -0.4 is 9.46 Å². The molecule has 1 fully saturated rings. The number of hydrogen-bond acceptors (Lipinski definition) is 7.